The number of esters is 1. The lowest BCUT2D eigenvalue weighted by Gasteiger charge is -2.27. The molecule has 0 saturated carbocycles. The van der Waals surface area contributed by atoms with Crippen LogP contribution in [0.2, 0.25) is 0 Å². The number of hydrogen-bond acceptors (Lipinski definition) is 5. The van der Waals surface area contributed by atoms with E-state index in [4.69, 9.17) is 14.7 Å². The molecule has 1 aromatic rings. The molecule has 0 aromatic heterocycles. The maximum absolute atomic E-state index is 11.8. The molecule has 0 unspecified atom stereocenters. The smallest absolute Gasteiger partial charge is 0.344 e. The first-order chi connectivity index (χ1) is 10.8. The fourth-order valence-corrected chi connectivity index (χ4v) is 1.66. The van der Waals surface area contributed by atoms with Crippen LogP contribution in [0.25, 0.3) is 0 Å². The summed E-state index contributed by atoms with van der Waals surface area (Å²) in [5, 5.41) is 11.7. The molecule has 1 N–H and O–H groups in total. The van der Waals surface area contributed by atoms with E-state index >= 15 is 0 Å². The zero-order valence-electron chi connectivity index (χ0n) is 13.9. The summed E-state index contributed by atoms with van der Waals surface area (Å²) in [4.78, 5) is 23.3. The zero-order chi connectivity index (χ0) is 17.5. The van der Waals surface area contributed by atoms with Crippen molar-refractivity contribution >= 4 is 11.9 Å². The van der Waals surface area contributed by atoms with E-state index in [9.17, 15) is 9.59 Å². The van der Waals surface area contributed by atoms with Crippen molar-refractivity contribution in [1.82, 2.24) is 5.32 Å². The van der Waals surface area contributed by atoms with Gasteiger partial charge in [-0.2, -0.15) is 5.26 Å². The summed E-state index contributed by atoms with van der Waals surface area (Å²) in [6, 6.07) is 9.30. The molecule has 1 atom stereocenters. The Hall–Kier alpha value is -2.55. The molecule has 1 amide bonds. The number of rotatable bonds is 7. The standard InChI is InChI=1S/C17H22N2O4/c1-12(2)17(4,11-18)19-15(20)9-23-16(21)10-22-14-7-5-6-13(3)8-14/h5-8,12H,9-10H2,1-4H3,(H,19,20)/t17-/m1/s1. The Morgan fingerprint density at radius 1 is 1.35 bits per heavy atom. The zero-order valence-corrected chi connectivity index (χ0v) is 13.9. The second kappa shape index (κ2) is 8.18. The van der Waals surface area contributed by atoms with Gasteiger partial charge in [0.2, 0.25) is 0 Å². The average molecular weight is 318 g/mol. The quantitative estimate of drug-likeness (QED) is 0.777. The number of nitrogens with one attached hydrogen (secondary N) is 1. The molecule has 0 radical (unpaired) electrons. The van der Waals surface area contributed by atoms with Crippen molar-refractivity contribution in [2.24, 2.45) is 5.92 Å². The van der Waals surface area contributed by atoms with Gasteiger partial charge in [0, 0.05) is 0 Å². The van der Waals surface area contributed by atoms with Crippen molar-refractivity contribution in [2.45, 2.75) is 33.2 Å². The van der Waals surface area contributed by atoms with Gasteiger partial charge in [-0.25, -0.2) is 4.79 Å². The first-order valence-electron chi connectivity index (χ1n) is 7.34. The van der Waals surface area contributed by atoms with Gasteiger partial charge in [-0.05, 0) is 37.5 Å². The Morgan fingerprint density at radius 3 is 2.61 bits per heavy atom. The number of nitrogens with zero attached hydrogens (tertiary/aromatic N) is 1. The maximum Gasteiger partial charge on any atom is 0.344 e. The first-order valence-corrected chi connectivity index (χ1v) is 7.34. The van der Waals surface area contributed by atoms with Crippen LogP contribution in [0.3, 0.4) is 0 Å². The second-order valence-electron chi connectivity index (χ2n) is 5.78. The minimum atomic E-state index is -0.998. The van der Waals surface area contributed by atoms with Crippen LogP contribution >= 0.6 is 0 Å². The number of amides is 1. The summed E-state index contributed by atoms with van der Waals surface area (Å²) in [6.07, 6.45) is 0. The SMILES string of the molecule is Cc1cccc(OCC(=O)OCC(=O)N[C@](C)(C#N)C(C)C)c1. The maximum atomic E-state index is 11.8. The van der Waals surface area contributed by atoms with Crippen molar-refractivity contribution in [3.63, 3.8) is 0 Å². The molecule has 0 aliphatic heterocycles. The molecule has 6 nitrogen and oxygen atoms in total. The molecule has 1 aromatic carbocycles. The number of nitriles is 1. The van der Waals surface area contributed by atoms with E-state index in [-0.39, 0.29) is 12.5 Å². The lowest BCUT2D eigenvalue weighted by atomic mass is 9.90. The van der Waals surface area contributed by atoms with Gasteiger partial charge in [-0.3, -0.25) is 4.79 Å². The molecule has 0 heterocycles. The van der Waals surface area contributed by atoms with Crippen LogP contribution < -0.4 is 10.1 Å². The molecule has 0 bridgehead atoms. The van der Waals surface area contributed by atoms with Gasteiger partial charge >= 0.3 is 5.97 Å². The molecule has 0 aliphatic rings. The normalized spacial score (nSPS) is 12.9. The van der Waals surface area contributed by atoms with Crippen LogP contribution in [0, 0.1) is 24.2 Å². The second-order valence-corrected chi connectivity index (χ2v) is 5.78. The van der Waals surface area contributed by atoms with E-state index in [2.05, 4.69) is 11.4 Å². The minimum Gasteiger partial charge on any atom is -0.482 e. The summed E-state index contributed by atoms with van der Waals surface area (Å²) in [5.41, 5.74) is 0.0152. The topological polar surface area (TPSA) is 88.4 Å². The van der Waals surface area contributed by atoms with E-state index in [0.29, 0.717) is 5.75 Å². The third-order valence-electron chi connectivity index (χ3n) is 3.50. The monoisotopic (exact) mass is 318 g/mol. The van der Waals surface area contributed by atoms with E-state index in [1.165, 1.54) is 0 Å². The van der Waals surface area contributed by atoms with Gasteiger partial charge in [0.05, 0.1) is 6.07 Å². The largest absolute Gasteiger partial charge is 0.482 e. The summed E-state index contributed by atoms with van der Waals surface area (Å²) < 4.78 is 10.1. The summed E-state index contributed by atoms with van der Waals surface area (Å²) in [5.74, 6) is -0.684. The molecule has 23 heavy (non-hydrogen) atoms. The first kappa shape index (κ1) is 18.5. The molecule has 0 spiro atoms. The summed E-state index contributed by atoms with van der Waals surface area (Å²) >= 11 is 0. The number of hydrogen-bond donors (Lipinski definition) is 1. The number of aryl methyl sites for hydroxylation is 1. The van der Waals surface area contributed by atoms with Crippen LogP contribution in [0.15, 0.2) is 24.3 Å². The Labute approximate surface area is 136 Å². The highest BCUT2D eigenvalue weighted by molar-refractivity contribution is 5.81. The van der Waals surface area contributed by atoms with Gasteiger partial charge in [0.15, 0.2) is 13.2 Å². The van der Waals surface area contributed by atoms with Crippen LogP contribution in [0.1, 0.15) is 26.3 Å². The van der Waals surface area contributed by atoms with Gasteiger partial charge < -0.3 is 14.8 Å². The lowest BCUT2D eigenvalue weighted by molar-refractivity contribution is -0.150. The van der Waals surface area contributed by atoms with E-state index in [0.717, 1.165) is 5.56 Å². The van der Waals surface area contributed by atoms with Crippen molar-refractivity contribution < 1.29 is 19.1 Å². The number of ether oxygens (including phenoxy) is 2. The fraction of sp³-hybridized carbons (Fsp3) is 0.471. The predicted molar refractivity (Wildman–Crippen MR) is 84.6 cm³/mol. The van der Waals surface area contributed by atoms with E-state index in [1.54, 1.807) is 19.1 Å². The third kappa shape index (κ3) is 5.99. The van der Waals surface area contributed by atoms with Gasteiger partial charge in [-0.1, -0.05) is 26.0 Å². The average Bonchev–Trinajstić information content (AvgIpc) is 2.50. The molecule has 0 saturated heterocycles. The number of carbonyl (C=O) groups is 2. The minimum absolute atomic E-state index is 0.0724. The summed E-state index contributed by atoms with van der Waals surface area (Å²) in [7, 11) is 0. The molecular weight excluding hydrogens is 296 g/mol. The van der Waals surface area contributed by atoms with Gasteiger partial charge in [0.25, 0.3) is 5.91 Å². The number of benzene rings is 1. The highest BCUT2D eigenvalue weighted by Crippen LogP contribution is 2.15. The Bertz CT molecular complexity index is 607. The van der Waals surface area contributed by atoms with Crippen molar-refractivity contribution in [2.75, 3.05) is 13.2 Å². The van der Waals surface area contributed by atoms with Crippen molar-refractivity contribution in [3.05, 3.63) is 29.8 Å². The highest BCUT2D eigenvalue weighted by Gasteiger charge is 2.30. The molecule has 1 rings (SSSR count). The summed E-state index contributed by atoms with van der Waals surface area (Å²) in [6.45, 7) is 6.46. The van der Waals surface area contributed by atoms with Crippen molar-refractivity contribution in [1.29, 1.82) is 5.26 Å². The van der Waals surface area contributed by atoms with Gasteiger partial charge in [-0.15, -0.1) is 0 Å². The molecule has 0 fully saturated rings. The van der Waals surface area contributed by atoms with Crippen LogP contribution in [-0.4, -0.2) is 30.6 Å². The molecule has 0 aliphatic carbocycles. The van der Waals surface area contributed by atoms with E-state index in [1.807, 2.05) is 32.9 Å². The highest BCUT2D eigenvalue weighted by atomic mass is 16.6. The molecular formula is C17H22N2O4. The molecule has 124 valence electrons. The fourth-order valence-electron chi connectivity index (χ4n) is 1.66. The van der Waals surface area contributed by atoms with Crippen LogP contribution in [0.5, 0.6) is 5.75 Å². The third-order valence-corrected chi connectivity index (χ3v) is 3.50. The predicted octanol–water partition coefficient (Wildman–Crippen LogP) is 1.97. The van der Waals surface area contributed by atoms with Crippen LogP contribution in [-0.2, 0) is 14.3 Å². The van der Waals surface area contributed by atoms with E-state index < -0.39 is 24.0 Å². The van der Waals surface area contributed by atoms with Crippen molar-refractivity contribution in [3.8, 4) is 11.8 Å². The Morgan fingerprint density at radius 2 is 2.04 bits per heavy atom. The Kier molecular flexibility index (Phi) is 6.58. The van der Waals surface area contributed by atoms with Crippen LogP contribution in [0.4, 0.5) is 0 Å². The Balaban J connectivity index is 2.38. The number of carbonyl (C=O) groups excluding carboxylic acids is 2. The lowest BCUT2D eigenvalue weighted by Crippen LogP contribution is -2.50. The van der Waals surface area contributed by atoms with Gasteiger partial charge in [0.1, 0.15) is 11.3 Å². The molecule has 6 heteroatoms.